The molecule has 0 aliphatic carbocycles. The number of nitrogens with zero attached hydrogens (tertiary/aromatic N) is 5. The molecule has 2 rings (SSSR count). The summed E-state index contributed by atoms with van der Waals surface area (Å²) in [6, 6.07) is 3.72. The summed E-state index contributed by atoms with van der Waals surface area (Å²) in [5, 5.41) is 21.1. The monoisotopic (exact) mass is 217 g/mol. The van der Waals surface area contributed by atoms with Crippen molar-refractivity contribution < 1.29 is 0 Å². The maximum absolute atomic E-state index is 8.85. The quantitative estimate of drug-likeness (QED) is 0.756. The molecule has 0 unspecified atom stereocenters. The molecular formula is C9H7N5S. The Kier molecular flexibility index (Phi) is 2.65. The molecule has 6 heteroatoms. The van der Waals surface area contributed by atoms with E-state index in [1.54, 1.807) is 16.9 Å². The maximum Gasteiger partial charge on any atom is 0.141 e. The van der Waals surface area contributed by atoms with E-state index < -0.39 is 0 Å². The van der Waals surface area contributed by atoms with Crippen LogP contribution in [0.3, 0.4) is 0 Å². The van der Waals surface area contributed by atoms with Crippen molar-refractivity contribution in [3.63, 3.8) is 0 Å². The minimum Gasteiger partial charge on any atom is -0.275 e. The van der Waals surface area contributed by atoms with Crippen LogP contribution >= 0.6 is 11.8 Å². The Morgan fingerprint density at radius 2 is 2.40 bits per heavy atom. The van der Waals surface area contributed by atoms with Crippen molar-refractivity contribution in [2.45, 2.75) is 9.92 Å². The zero-order valence-electron chi connectivity index (χ0n) is 7.95. The Balaban J connectivity index is 2.28. The Morgan fingerprint density at radius 1 is 1.53 bits per heavy atom. The van der Waals surface area contributed by atoms with Crippen molar-refractivity contribution in [3.05, 3.63) is 30.2 Å². The molecule has 0 spiro atoms. The molecule has 0 saturated heterocycles. The summed E-state index contributed by atoms with van der Waals surface area (Å²) in [6.07, 6.45) is 5.09. The molecule has 0 saturated carbocycles. The summed E-state index contributed by atoms with van der Waals surface area (Å²) >= 11 is 1.38. The first-order valence-electron chi connectivity index (χ1n) is 4.18. The van der Waals surface area contributed by atoms with Gasteiger partial charge in [0.05, 0.1) is 22.9 Å². The molecule has 0 radical (unpaired) electrons. The molecule has 0 aliphatic heterocycles. The predicted octanol–water partition coefficient (Wildman–Crippen LogP) is 1.23. The van der Waals surface area contributed by atoms with E-state index in [1.165, 1.54) is 18.0 Å². The van der Waals surface area contributed by atoms with Crippen LogP contribution < -0.4 is 0 Å². The molecule has 0 aromatic carbocycles. The van der Waals surface area contributed by atoms with Gasteiger partial charge in [-0.05, 0) is 6.07 Å². The minimum atomic E-state index is 0.527. The molecule has 0 atom stereocenters. The first kappa shape index (κ1) is 9.68. The van der Waals surface area contributed by atoms with Crippen molar-refractivity contribution in [2.24, 2.45) is 7.05 Å². The standard InChI is InChI=1S/C9H7N5S/c1-14-6-8(5-12-14)15-9-7(4-10)2-3-11-13-9/h2-3,5-6H,1H3. The van der Waals surface area contributed by atoms with Gasteiger partial charge in [-0.25, -0.2) is 0 Å². The van der Waals surface area contributed by atoms with Gasteiger partial charge in [0.25, 0.3) is 0 Å². The number of hydrogen-bond acceptors (Lipinski definition) is 5. The van der Waals surface area contributed by atoms with E-state index in [-0.39, 0.29) is 0 Å². The van der Waals surface area contributed by atoms with Crippen LogP contribution in [0, 0.1) is 11.3 Å². The van der Waals surface area contributed by atoms with E-state index in [4.69, 9.17) is 5.26 Å². The largest absolute Gasteiger partial charge is 0.275 e. The van der Waals surface area contributed by atoms with Crippen molar-refractivity contribution in [2.75, 3.05) is 0 Å². The lowest BCUT2D eigenvalue weighted by molar-refractivity contribution is 0.766. The van der Waals surface area contributed by atoms with E-state index in [1.807, 2.05) is 13.2 Å². The molecule has 5 nitrogen and oxygen atoms in total. The third kappa shape index (κ3) is 2.14. The molecule has 0 fully saturated rings. The van der Waals surface area contributed by atoms with Crippen LogP contribution in [0.25, 0.3) is 0 Å². The first-order chi connectivity index (χ1) is 7.29. The highest BCUT2D eigenvalue weighted by molar-refractivity contribution is 7.99. The number of nitriles is 1. The van der Waals surface area contributed by atoms with E-state index >= 15 is 0 Å². The Morgan fingerprint density at radius 3 is 3.07 bits per heavy atom. The van der Waals surface area contributed by atoms with Crippen molar-refractivity contribution in [3.8, 4) is 6.07 Å². The topological polar surface area (TPSA) is 67.4 Å². The molecule has 74 valence electrons. The van der Waals surface area contributed by atoms with Gasteiger partial charge in [-0.2, -0.15) is 15.5 Å². The van der Waals surface area contributed by atoms with E-state index in [9.17, 15) is 0 Å². The molecule has 2 heterocycles. The summed E-state index contributed by atoms with van der Waals surface area (Å²) in [7, 11) is 1.84. The second kappa shape index (κ2) is 4.11. The maximum atomic E-state index is 8.85. The van der Waals surface area contributed by atoms with Crippen LogP contribution in [0.1, 0.15) is 5.56 Å². The van der Waals surface area contributed by atoms with E-state index in [0.717, 1.165) is 4.90 Å². The van der Waals surface area contributed by atoms with E-state index in [2.05, 4.69) is 21.4 Å². The van der Waals surface area contributed by atoms with Crippen LogP contribution in [-0.2, 0) is 7.05 Å². The number of rotatable bonds is 2. The lowest BCUT2D eigenvalue weighted by Crippen LogP contribution is -1.88. The highest BCUT2D eigenvalue weighted by Crippen LogP contribution is 2.26. The van der Waals surface area contributed by atoms with Gasteiger partial charge in [-0.15, -0.1) is 5.10 Å². The van der Waals surface area contributed by atoms with Crippen LogP contribution in [0.15, 0.2) is 34.6 Å². The fourth-order valence-electron chi connectivity index (χ4n) is 1.04. The molecule has 0 N–H and O–H groups in total. The Labute approximate surface area is 90.7 Å². The lowest BCUT2D eigenvalue weighted by Gasteiger charge is -1.97. The van der Waals surface area contributed by atoms with Crippen LogP contribution in [0.4, 0.5) is 0 Å². The Hall–Kier alpha value is -1.87. The van der Waals surface area contributed by atoms with Gasteiger partial charge in [0.1, 0.15) is 11.1 Å². The Bertz CT molecular complexity index is 513. The summed E-state index contributed by atoms with van der Waals surface area (Å²) < 4.78 is 1.70. The molecule has 15 heavy (non-hydrogen) atoms. The average Bonchev–Trinajstić information content (AvgIpc) is 2.65. The second-order valence-corrected chi connectivity index (χ2v) is 3.88. The minimum absolute atomic E-state index is 0.527. The van der Waals surface area contributed by atoms with Gasteiger partial charge in [0.2, 0.25) is 0 Å². The average molecular weight is 217 g/mol. The zero-order chi connectivity index (χ0) is 10.7. The number of aromatic nitrogens is 4. The normalized spacial score (nSPS) is 9.87. The molecular weight excluding hydrogens is 210 g/mol. The summed E-state index contributed by atoms with van der Waals surface area (Å²) in [4.78, 5) is 0.939. The van der Waals surface area contributed by atoms with Crippen molar-refractivity contribution >= 4 is 11.8 Å². The molecule has 0 bridgehead atoms. The number of aryl methyl sites for hydroxylation is 1. The van der Waals surface area contributed by atoms with Gasteiger partial charge in [-0.1, -0.05) is 11.8 Å². The third-order valence-electron chi connectivity index (χ3n) is 1.70. The fraction of sp³-hybridized carbons (Fsp3) is 0.111. The summed E-state index contributed by atoms with van der Waals surface area (Å²) in [5.74, 6) is 0. The van der Waals surface area contributed by atoms with Gasteiger partial charge in [0.15, 0.2) is 0 Å². The summed E-state index contributed by atoms with van der Waals surface area (Å²) in [6.45, 7) is 0. The highest BCUT2D eigenvalue weighted by Gasteiger charge is 2.06. The van der Waals surface area contributed by atoms with Crippen LogP contribution in [0.2, 0.25) is 0 Å². The van der Waals surface area contributed by atoms with Gasteiger partial charge in [0, 0.05) is 13.2 Å². The van der Waals surface area contributed by atoms with Gasteiger partial charge >= 0.3 is 0 Å². The van der Waals surface area contributed by atoms with Crippen molar-refractivity contribution in [1.82, 2.24) is 20.0 Å². The zero-order valence-corrected chi connectivity index (χ0v) is 8.77. The first-order valence-corrected chi connectivity index (χ1v) is 4.99. The molecule has 0 amide bonds. The number of hydrogen-bond donors (Lipinski definition) is 0. The third-order valence-corrected chi connectivity index (χ3v) is 2.64. The molecule has 0 aliphatic rings. The molecule has 2 aromatic rings. The van der Waals surface area contributed by atoms with Crippen LogP contribution in [-0.4, -0.2) is 20.0 Å². The lowest BCUT2D eigenvalue weighted by atomic mass is 10.3. The van der Waals surface area contributed by atoms with E-state index in [0.29, 0.717) is 10.6 Å². The summed E-state index contributed by atoms with van der Waals surface area (Å²) in [5.41, 5.74) is 0.527. The van der Waals surface area contributed by atoms with Gasteiger partial charge in [-0.3, -0.25) is 4.68 Å². The highest BCUT2D eigenvalue weighted by atomic mass is 32.2. The predicted molar refractivity (Wildman–Crippen MR) is 54.1 cm³/mol. The van der Waals surface area contributed by atoms with Crippen LogP contribution in [0.5, 0.6) is 0 Å². The second-order valence-electron chi connectivity index (χ2n) is 2.81. The van der Waals surface area contributed by atoms with Gasteiger partial charge < -0.3 is 0 Å². The molecule has 2 aromatic heterocycles. The fourth-order valence-corrected chi connectivity index (χ4v) is 1.88. The smallest absolute Gasteiger partial charge is 0.141 e. The van der Waals surface area contributed by atoms with Crippen molar-refractivity contribution in [1.29, 1.82) is 5.26 Å². The SMILES string of the molecule is Cn1cc(Sc2nnccc2C#N)cn1.